The normalized spacial score (nSPS) is 11.9. The van der Waals surface area contributed by atoms with Crippen molar-refractivity contribution in [1.29, 1.82) is 0 Å². The lowest BCUT2D eigenvalue weighted by atomic mass is 10.2. The van der Waals surface area contributed by atoms with Gasteiger partial charge in [0, 0.05) is 12.0 Å². The van der Waals surface area contributed by atoms with Crippen LogP contribution in [0.1, 0.15) is 18.9 Å². The van der Waals surface area contributed by atoms with Gasteiger partial charge in [0.15, 0.2) is 19.7 Å². The first-order valence-corrected chi connectivity index (χ1v) is 12.7. The van der Waals surface area contributed by atoms with E-state index in [0.717, 1.165) is 5.56 Å². The Hall–Kier alpha value is -3.05. The van der Waals surface area contributed by atoms with Gasteiger partial charge in [-0.05, 0) is 43.3 Å². The first kappa shape index (κ1) is 22.6. The van der Waals surface area contributed by atoms with E-state index in [1.165, 1.54) is 36.4 Å². The third-order valence-corrected chi connectivity index (χ3v) is 7.97. The number of benzene rings is 2. The molecular weight excluding hydrogens is 442 g/mol. The third kappa shape index (κ3) is 5.56. The highest BCUT2D eigenvalue weighted by molar-refractivity contribution is 7.91. The van der Waals surface area contributed by atoms with Crippen molar-refractivity contribution in [2.24, 2.45) is 0 Å². The molecule has 3 rings (SSSR count). The molecule has 0 radical (unpaired) electrons. The van der Waals surface area contributed by atoms with E-state index < -0.39 is 25.6 Å². The summed E-state index contributed by atoms with van der Waals surface area (Å²) in [4.78, 5) is 12.4. The molecule has 0 aliphatic carbocycles. The molecule has 1 aromatic heterocycles. The van der Waals surface area contributed by atoms with Crippen LogP contribution in [0.15, 0.2) is 62.7 Å². The van der Waals surface area contributed by atoms with Crippen molar-refractivity contribution in [2.45, 2.75) is 30.1 Å². The van der Waals surface area contributed by atoms with Crippen molar-refractivity contribution in [3.8, 4) is 11.5 Å². The molecule has 0 unspecified atom stereocenters. The summed E-state index contributed by atoms with van der Waals surface area (Å²) in [5.74, 6) is -0.878. The standard InChI is InChI=1S/C20H21N3O6S2/c1-3-30(25,26)16-10-6-15(7-11-16)19-22-23-20(29-19)21-18(24)12-13-31(27,28)17-8-4-14(2)5-9-17/h4-11H,3,12-13H2,1-2H3,(H,21,23,24). The lowest BCUT2D eigenvalue weighted by molar-refractivity contribution is -0.115. The Bertz CT molecular complexity index is 1280. The Morgan fingerprint density at radius 1 is 0.903 bits per heavy atom. The molecule has 1 heterocycles. The molecule has 0 bridgehead atoms. The van der Waals surface area contributed by atoms with Gasteiger partial charge in [0.2, 0.25) is 11.8 Å². The van der Waals surface area contributed by atoms with E-state index >= 15 is 0 Å². The number of amides is 1. The van der Waals surface area contributed by atoms with Crippen molar-refractivity contribution in [3.63, 3.8) is 0 Å². The maximum Gasteiger partial charge on any atom is 0.322 e. The number of anilines is 1. The van der Waals surface area contributed by atoms with E-state index in [1.54, 1.807) is 19.1 Å². The molecule has 9 nitrogen and oxygen atoms in total. The van der Waals surface area contributed by atoms with Gasteiger partial charge in [-0.25, -0.2) is 16.8 Å². The number of hydrogen-bond donors (Lipinski definition) is 1. The maximum absolute atomic E-state index is 12.3. The summed E-state index contributed by atoms with van der Waals surface area (Å²) >= 11 is 0. The molecule has 164 valence electrons. The number of nitrogens with one attached hydrogen (secondary N) is 1. The Morgan fingerprint density at radius 2 is 1.48 bits per heavy atom. The molecule has 0 fully saturated rings. The van der Waals surface area contributed by atoms with Crippen LogP contribution in [0.25, 0.3) is 11.5 Å². The quantitative estimate of drug-likeness (QED) is 0.538. The van der Waals surface area contributed by atoms with Crippen molar-refractivity contribution in [2.75, 3.05) is 16.8 Å². The SMILES string of the molecule is CCS(=O)(=O)c1ccc(-c2nnc(NC(=O)CCS(=O)(=O)c3ccc(C)cc3)o2)cc1. The summed E-state index contributed by atoms with van der Waals surface area (Å²) in [6, 6.07) is 12.1. The van der Waals surface area contributed by atoms with Crippen molar-refractivity contribution in [1.82, 2.24) is 10.2 Å². The molecule has 11 heteroatoms. The van der Waals surface area contributed by atoms with E-state index in [9.17, 15) is 21.6 Å². The number of carbonyl (C=O) groups is 1. The number of hydrogen-bond acceptors (Lipinski definition) is 8. The van der Waals surface area contributed by atoms with Gasteiger partial charge in [0.25, 0.3) is 0 Å². The van der Waals surface area contributed by atoms with Gasteiger partial charge in [0.1, 0.15) is 0 Å². The average Bonchev–Trinajstić information content (AvgIpc) is 3.21. The van der Waals surface area contributed by atoms with E-state index in [2.05, 4.69) is 15.5 Å². The fraction of sp³-hybridized carbons (Fsp3) is 0.250. The van der Waals surface area contributed by atoms with E-state index in [0.29, 0.717) is 5.56 Å². The van der Waals surface area contributed by atoms with Gasteiger partial charge in [-0.3, -0.25) is 10.1 Å². The van der Waals surface area contributed by atoms with Crippen LogP contribution in [0.2, 0.25) is 0 Å². The highest BCUT2D eigenvalue weighted by atomic mass is 32.2. The van der Waals surface area contributed by atoms with Crippen LogP contribution in [0.4, 0.5) is 6.01 Å². The molecular formula is C20H21N3O6S2. The number of sulfone groups is 2. The highest BCUT2D eigenvalue weighted by Crippen LogP contribution is 2.22. The van der Waals surface area contributed by atoms with E-state index in [4.69, 9.17) is 4.42 Å². The van der Waals surface area contributed by atoms with Gasteiger partial charge >= 0.3 is 6.01 Å². The van der Waals surface area contributed by atoms with Crippen LogP contribution in [0, 0.1) is 6.92 Å². The lowest BCUT2D eigenvalue weighted by Crippen LogP contribution is -2.17. The zero-order valence-electron chi connectivity index (χ0n) is 16.9. The molecule has 1 amide bonds. The molecule has 0 aliphatic rings. The summed E-state index contributed by atoms with van der Waals surface area (Å²) in [7, 11) is -6.92. The zero-order chi connectivity index (χ0) is 22.6. The first-order chi connectivity index (χ1) is 14.6. The topological polar surface area (TPSA) is 136 Å². The Kier molecular flexibility index (Phi) is 6.56. The van der Waals surface area contributed by atoms with Crippen molar-refractivity contribution in [3.05, 3.63) is 54.1 Å². The maximum atomic E-state index is 12.3. The number of aromatic nitrogens is 2. The molecule has 0 spiro atoms. The van der Waals surface area contributed by atoms with E-state index in [-0.39, 0.29) is 39.6 Å². The molecule has 1 N–H and O–H groups in total. The van der Waals surface area contributed by atoms with Crippen LogP contribution in [-0.4, -0.2) is 44.4 Å². The largest absolute Gasteiger partial charge is 0.403 e. The van der Waals surface area contributed by atoms with Crippen LogP contribution in [-0.2, 0) is 24.5 Å². The fourth-order valence-corrected chi connectivity index (χ4v) is 4.76. The Morgan fingerprint density at radius 3 is 2.10 bits per heavy atom. The second-order valence-corrected chi connectivity index (χ2v) is 11.2. The third-order valence-electron chi connectivity index (χ3n) is 4.49. The summed E-state index contributed by atoms with van der Waals surface area (Å²) < 4.78 is 53.8. The first-order valence-electron chi connectivity index (χ1n) is 9.37. The Balaban J connectivity index is 1.62. The molecule has 2 aromatic carbocycles. The molecule has 0 atom stereocenters. The molecule has 3 aromatic rings. The van der Waals surface area contributed by atoms with Gasteiger partial charge in [-0.15, -0.1) is 5.10 Å². The van der Waals surface area contributed by atoms with Crippen LogP contribution < -0.4 is 5.32 Å². The summed E-state index contributed by atoms with van der Waals surface area (Å²) in [5.41, 5.74) is 1.41. The minimum atomic E-state index is -3.60. The molecule has 0 aliphatic heterocycles. The molecule has 31 heavy (non-hydrogen) atoms. The van der Waals surface area contributed by atoms with Crippen molar-refractivity contribution >= 4 is 31.6 Å². The zero-order valence-corrected chi connectivity index (χ0v) is 18.5. The predicted molar refractivity (Wildman–Crippen MR) is 114 cm³/mol. The summed E-state index contributed by atoms with van der Waals surface area (Å²) in [5, 5.41) is 9.90. The Labute approximate surface area is 180 Å². The number of nitrogens with zero attached hydrogens (tertiary/aromatic N) is 2. The van der Waals surface area contributed by atoms with Gasteiger partial charge < -0.3 is 4.42 Å². The fourth-order valence-electron chi connectivity index (χ4n) is 2.63. The lowest BCUT2D eigenvalue weighted by Gasteiger charge is -2.04. The minimum absolute atomic E-state index is 0.0112. The summed E-state index contributed by atoms with van der Waals surface area (Å²) in [6.07, 6.45) is -0.280. The van der Waals surface area contributed by atoms with Crippen LogP contribution in [0.3, 0.4) is 0 Å². The number of rotatable bonds is 8. The minimum Gasteiger partial charge on any atom is -0.403 e. The second kappa shape index (κ2) is 8.98. The summed E-state index contributed by atoms with van der Waals surface area (Å²) in [6.45, 7) is 3.41. The second-order valence-electron chi connectivity index (χ2n) is 6.77. The predicted octanol–water partition coefficient (Wildman–Crippen LogP) is 2.64. The average molecular weight is 464 g/mol. The van der Waals surface area contributed by atoms with Crippen molar-refractivity contribution < 1.29 is 26.0 Å². The number of carbonyl (C=O) groups excluding carboxylic acids is 1. The van der Waals surface area contributed by atoms with E-state index in [1.807, 2.05) is 6.92 Å². The smallest absolute Gasteiger partial charge is 0.322 e. The van der Waals surface area contributed by atoms with Crippen LogP contribution in [0.5, 0.6) is 0 Å². The number of aryl methyl sites for hydroxylation is 1. The monoisotopic (exact) mass is 463 g/mol. The van der Waals surface area contributed by atoms with Gasteiger partial charge in [-0.1, -0.05) is 29.7 Å². The molecule has 0 saturated carbocycles. The molecule has 0 saturated heterocycles. The van der Waals surface area contributed by atoms with Gasteiger partial charge in [0.05, 0.1) is 21.3 Å². The van der Waals surface area contributed by atoms with Crippen LogP contribution >= 0.6 is 0 Å². The van der Waals surface area contributed by atoms with Gasteiger partial charge in [-0.2, -0.15) is 0 Å². The highest BCUT2D eigenvalue weighted by Gasteiger charge is 2.18.